The van der Waals surface area contributed by atoms with Crippen LogP contribution in [-0.2, 0) is 11.2 Å². The van der Waals surface area contributed by atoms with Gasteiger partial charge in [-0.2, -0.15) is 0 Å². The molecule has 2 aromatic rings. The number of benzene rings is 1. The predicted molar refractivity (Wildman–Crippen MR) is 78.8 cm³/mol. The van der Waals surface area contributed by atoms with E-state index < -0.39 is 5.82 Å². The van der Waals surface area contributed by atoms with Crippen molar-refractivity contribution in [3.63, 3.8) is 0 Å². The lowest BCUT2D eigenvalue weighted by Gasteiger charge is -2.17. The van der Waals surface area contributed by atoms with Gasteiger partial charge in [0, 0.05) is 16.6 Å². The zero-order chi connectivity index (χ0) is 14.3. The SMILES string of the molecule is O=C1CCc2cc(C(=O)c3sccc3Br)c(F)cc2N1. The van der Waals surface area contributed by atoms with E-state index in [4.69, 9.17) is 0 Å². The van der Waals surface area contributed by atoms with Crippen LogP contribution in [0.3, 0.4) is 0 Å². The lowest BCUT2D eigenvalue weighted by molar-refractivity contribution is -0.116. The number of fused-ring (bicyclic) bond motifs is 1. The number of nitrogens with one attached hydrogen (secondary N) is 1. The van der Waals surface area contributed by atoms with Crippen LogP contribution in [0.2, 0.25) is 0 Å². The Bertz CT molecular complexity index is 726. The Morgan fingerprint density at radius 3 is 2.85 bits per heavy atom. The molecule has 20 heavy (non-hydrogen) atoms. The number of thiophene rings is 1. The van der Waals surface area contributed by atoms with Crippen molar-refractivity contribution in [3.8, 4) is 0 Å². The molecule has 1 aromatic carbocycles. The fourth-order valence-corrected chi connectivity index (χ4v) is 3.66. The molecule has 2 heterocycles. The molecule has 6 heteroatoms. The van der Waals surface area contributed by atoms with E-state index in [0.29, 0.717) is 27.9 Å². The summed E-state index contributed by atoms with van der Waals surface area (Å²) >= 11 is 4.55. The molecule has 0 bridgehead atoms. The molecule has 0 spiro atoms. The second-order valence-electron chi connectivity index (χ2n) is 4.46. The number of carbonyl (C=O) groups excluding carboxylic acids is 2. The highest BCUT2D eigenvalue weighted by atomic mass is 79.9. The number of ketones is 1. The highest BCUT2D eigenvalue weighted by Gasteiger charge is 2.22. The lowest BCUT2D eigenvalue weighted by atomic mass is 9.98. The zero-order valence-corrected chi connectivity index (χ0v) is 12.6. The number of hydrogen-bond donors (Lipinski definition) is 1. The normalized spacial score (nSPS) is 13.8. The number of carbonyl (C=O) groups is 2. The first-order valence-corrected chi connectivity index (χ1v) is 7.63. The fourth-order valence-electron chi connectivity index (χ4n) is 2.15. The van der Waals surface area contributed by atoms with Gasteiger partial charge in [0.2, 0.25) is 11.7 Å². The fraction of sp³-hybridized carbons (Fsp3) is 0.143. The van der Waals surface area contributed by atoms with Gasteiger partial charge in [-0.05, 0) is 51.5 Å². The van der Waals surface area contributed by atoms with Gasteiger partial charge in [-0.25, -0.2) is 4.39 Å². The molecule has 102 valence electrons. The minimum absolute atomic E-state index is 0.0445. The van der Waals surface area contributed by atoms with Gasteiger partial charge < -0.3 is 5.32 Å². The summed E-state index contributed by atoms with van der Waals surface area (Å²) < 4.78 is 14.8. The van der Waals surface area contributed by atoms with Crippen molar-refractivity contribution in [2.75, 3.05) is 5.32 Å². The predicted octanol–water partition coefficient (Wildman–Crippen LogP) is 3.77. The smallest absolute Gasteiger partial charge is 0.224 e. The standard InChI is InChI=1S/C14H9BrFNO2S/c15-9-3-4-20-14(9)13(19)8-5-7-1-2-12(18)17-11(7)6-10(8)16/h3-6H,1-2H2,(H,17,18). The number of halogens is 2. The summed E-state index contributed by atoms with van der Waals surface area (Å²) in [7, 11) is 0. The molecule has 0 saturated heterocycles. The van der Waals surface area contributed by atoms with Gasteiger partial charge in [-0.15, -0.1) is 11.3 Å². The molecule has 1 aromatic heterocycles. The average molecular weight is 354 g/mol. The summed E-state index contributed by atoms with van der Waals surface area (Å²) in [6.07, 6.45) is 0.877. The number of aryl methyl sites for hydroxylation is 1. The number of hydrogen-bond acceptors (Lipinski definition) is 3. The minimum Gasteiger partial charge on any atom is -0.326 e. The third-order valence-corrected chi connectivity index (χ3v) is 4.99. The van der Waals surface area contributed by atoms with E-state index in [0.717, 1.165) is 5.56 Å². The summed E-state index contributed by atoms with van der Waals surface area (Å²) in [5, 5.41) is 4.39. The van der Waals surface area contributed by atoms with Crippen LogP contribution in [0.4, 0.5) is 10.1 Å². The Hall–Kier alpha value is -1.53. The second kappa shape index (κ2) is 5.10. The van der Waals surface area contributed by atoms with Crippen LogP contribution in [0.1, 0.15) is 27.2 Å². The molecule has 1 amide bonds. The van der Waals surface area contributed by atoms with E-state index in [9.17, 15) is 14.0 Å². The monoisotopic (exact) mass is 353 g/mol. The Balaban J connectivity index is 2.05. The van der Waals surface area contributed by atoms with Crippen molar-refractivity contribution in [1.29, 1.82) is 0 Å². The quantitative estimate of drug-likeness (QED) is 0.835. The Kier molecular flexibility index (Phi) is 3.43. The van der Waals surface area contributed by atoms with Crippen molar-refractivity contribution < 1.29 is 14.0 Å². The maximum Gasteiger partial charge on any atom is 0.224 e. The molecule has 1 aliphatic heterocycles. The third-order valence-electron chi connectivity index (χ3n) is 3.16. The molecule has 0 fully saturated rings. The summed E-state index contributed by atoms with van der Waals surface area (Å²) in [6, 6.07) is 4.52. The molecule has 3 nitrogen and oxygen atoms in total. The Morgan fingerprint density at radius 2 is 2.15 bits per heavy atom. The Morgan fingerprint density at radius 1 is 1.35 bits per heavy atom. The topological polar surface area (TPSA) is 46.2 Å². The highest BCUT2D eigenvalue weighted by molar-refractivity contribution is 9.10. The van der Waals surface area contributed by atoms with Gasteiger partial charge in [0.15, 0.2) is 0 Å². The maximum atomic E-state index is 14.1. The van der Waals surface area contributed by atoms with E-state index in [1.807, 2.05) is 0 Å². The molecule has 1 N–H and O–H groups in total. The Labute approximate surface area is 126 Å². The van der Waals surface area contributed by atoms with Gasteiger partial charge in [0.05, 0.1) is 10.4 Å². The average Bonchev–Trinajstić information content (AvgIpc) is 2.83. The molecule has 0 saturated carbocycles. The van der Waals surface area contributed by atoms with Crippen LogP contribution < -0.4 is 5.32 Å². The largest absolute Gasteiger partial charge is 0.326 e. The van der Waals surface area contributed by atoms with Crippen molar-refractivity contribution in [1.82, 2.24) is 0 Å². The maximum absolute atomic E-state index is 14.1. The summed E-state index contributed by atoms with van der Waals surface area (Å²) in [6.45, 7) is 0. The molecule has 1 aliphatic rings. The van der Waals surface area contributed by atoms with Crippen LogP contribution >= 0.6 is 27.3 Å². The first-order chi connectivity index (χ1) is 9.56. The first kappa shape index (κ1) is 13.5. The van der Waals surface area contributed by atoms with Gasteiger partial charge in [0.1, 0.15) is 5.82 Å². The van der Waals surface area contributed by atoms with E-state index in [2.05, 4.69) is 21.2 Å². The van der Waals surface area contributed by atoms with Crippen LogP contribution in [0.15, 0.2) is 28.1 Å². The molecular formula is C14H9BrFNO2S. The van der Waals surface area contributed by atoms with Gasteiger partial charge in [0.25, 0.3) is 0 Å². The lowest BCUT2D eigenvalue weighted by Crippen LogP contribution is -2.20. The van der Waals surface area contributed by atoms with Gasteiger partial charge >= 0.3 is 0 Å². The zero-order valence-electron chi connectivity index (χ0n) is 10.2. The number of rotatable bonds is 2. The summed E-state index contributed by atoms with van der Waals surface area (Å²) in [5.41, 5.74) is 1.30. The third kappa shape index (κ3) is 2.29. The van der Waals surface area contributed by atoms with Crippen LogP contribution in [0.5, 0.6) is 0 Å². The van der Waals surface area contributed by atoms with Crippen molar-refractivity contribution in [3.05, 3.63) is 49.9 Å². The summed E-state index contributed by atoms with van der Waals surface area (Å²) in [5.74, 6) is -1.09. The minimum atomic E-state index is -0.615. The molecule has 3 rings (SSSR count). The second-order valence-corrected chi connectivity index (χ2v) is 6.23. The van der Waals surface area contributed by atoms with Crippen LogP contribution in [0, 0.1) is 5.82 Å². The molecule has 0 radical (unpaired) electrons. The van der Waals surface area contributed by atoms with E-state index >= 15 is 0 Å². The van der Waals surface area contributed by atoms with E-state index in [-0.39, 0.29) is 17.3 Å². The van der Waals surface area contributed by atoms with Gasteiger partial charge in [-0.1, -0.05) is 0 Å². The number of anilines is 1. The van der Waals surface area contributed by atoms with E-state index in [1.165, 1.54) is 17.4 Å². The van der Waals surface area contributed by atoms with Crippen molar-refractivity contribution >= 4 is 44.6 Å². The van der Waals surface area contributed by atoms with E-state index in [1.54, 1.807) is 17.5 Å². The van der Waals surface area contributed by atoms with Crippen LogP contribution in [-0.4, -0.2) is 11.7 Å². The first-order valence-electron chi connectivity index (χ1n) is 5.96. The van der Waals surface area contributed by atoms with Gasteiger partial charge in [-0.3, -0.25) is 9.59 Å². The molecule has 0 atom stereocenters. The number of amides is 1. The molecular weight excluding hydrogens is 345 g/mol. The van der Waals surface area contributed by atoms with Crippen molar-refractivity contribution in [2.45, 2.75) is 12.8 Å². The molecule has 0 aliphatic carbocycles. The van der Waals surface area contributed by atoms with Crippen LogP contribution in [0.25, 0.3) is 0 Å². The highest BCUT2D eigenvalue weighted by Crippen LogP contribution is 2.30. The van der Waals surface area contributed by atoms with Crippen molar-refractivity contribution in [2.24, 2.45) is 0 Å². The summed E-state index contributed by atoms with van der Waals surface area (Å²) in [4.78, 5) is 24.1. The molecule has 0 unspecified atom stereocenters.